The number of nitrogens with zero attached hydrogens (tertiary/aromatic N) is 4. The third kappa shape index (κ3) is 3.55. The van der Waals surface area contributed by atoms with Crippen LogP contribution in [0.15, 0.2) is 48.7 Å². The van der Waals surface area contributed by atoms with E-state index >= 15 is 0 Å². The van der Waals surface area contributed by atoms with Gasteiger partial charge in [0.05, 0.1) is 7.11 Å². The van der Waals surface area contributed by atoms with Gasteiger partial charge in [-0.15, -0.1) is 10.2 Å². The molecule has 25 heavy (non-hydrogen) atoms. The van der Waals surface area contributed by atoms with Gasteiger partial charge in [-0.1, -0.05) is 24.3 Å². The standard InChI is InChI=1S/C18H21N5O2/c1-13(12-14-8-4-5-9-15(14)25-3)22(2)18(24)19-17-21-20-16-10-6-7-11-23(16)17/h4-11,13H,12H2,1-3H3,(H,19,21,24). The molecule has 1 N–H and O–H groups in total. The Morgan fingerprint density at radius 3 is 2.80 bits per heavy atom. The number of carbonyl (C=O) groups is 1. The van der Waals surface area contributed by atoms with Crippen LogP contribution in [-0.2, 0) is 6.42 Å². The van der Waals surface area contributed by atoms with Crippen LogP contribution in [0.4, 0.5) is 10.7 Å². The van der Waals surface area contributed by atoms with E-state index in [9.17, 15) is 4.79 Å². The number of rotatable bonds is 5. The number of ether oxygens (including phenoxy) is 1. The highest BCUT2D eigenvalue weighted by molar-refractivity contribution is 5.87. The summed E-state index contributed by atoms with van der Waals surface area (Å²) in [7, 11) is 3.41. The van der Waals surface area contributed by atoms with Crippen LogP contribution in [0.3, 0.4) is 0 Å². The van der Waals surface area contributed by atoms with Crippen LogP contribution < -0.4 is 10.1 Å². The minimum absolute atomic E-state index is 0.0181. The Bertz CT molecular complexity index is 877. The Kier molecular flexibility index (Phi) is 4.83. The first-order chi connectivity index (χ1) is 12.1. The fraction of sp³-hybridized carbons (Fsp3) is 0.278. The molecule has 0 aliphatic heterocycles. The highest BCUT2D eigenvalue weighted by Crippen LogP contribution is 2.20. The van der Waals surface area contributed by atoms with E-state index in [4.69, 9.17) is 4.74 Å². The molecule has 2 amide bonds. The van der Waals surface area contributed by atoms with E-state index in [0.29, 0.717) is 18.0 Å². The van der Waals surface area contributed by atoms with E-state index in [1.54, 1.807) is 23.5 Å². The molecular formula is C18H21N5O2. The third-order valence-electron chi connectivity index (χ3n) is 4.22. The monoisotopic (exact) mass is 339 g/mol. The van der Waals surface area contributed by atoms with E-state index in [2.05, 4.69) is 15.5 Å². The first-order valence-electron chi connectivity index (χ1n) is 8.05. The summed E-state index contributed by atoms with van der Waals surface area (Å²) in [4.78, 5) is 14.2. The van der Waals surface area contributed by atoms with Crippen LogP contribution in [0.5, 0.6) is 5.75 Å². The van der Waals surface area contributed by atoms with Gasteiger partial charge in [0, 0.05) is 19.3 Å². The number of anilines is 1. The molecule has 0 saturated carbocycles. The summed E-state index contributed by atoms with van der Waals surface area (Å²) in [5, 5.41) is 10.9. The topological polar surface area (TPSA) is 71.8 Å². The van der Waals surface area contributed by atoms with Gasteiger partial charge in [-0.2, -0.15) is 0 Å². The quantitative estimate of drug-likeness (QED) is 0.776. The smallest absolute Gasteiger partial charge is 0.324 e. The van der Waals surface area contributed by atoms with E-state index in [1.807, 2.05) is 55.6 Å². The van der Waals surface area contributed by atoms with E-state index in [1.165, 1.54) is 0 Å². The molecule has 0 saturated heterocycles. The zero-order valence-electron chi connectivity index (χ0n) is 14.5. The van der Waals surface area contributed by atoms with Gasteiger partial charge in [0.15, 0.2) is 5.65 Å². The minimum atomic E-state index is -0.236. The van der Waals surface area contributed by atoms with Gasteiger partial charge >= 0.3 is 6.03 Å². The van der Waals surface area contributed by atoms with Crippen molar-refractivity contribution in [3.63, 3.8) is 0 Å². The summed E-state index contributed by atoms with van der Waals surface area (Å²) in [6.45, 7) is 1.99. The number of methoxy groups -OCH3 is 1. The van der Waals surface area contributed by atoms with E-state index in [-0.39, 0.29) is 12.1 Å². The second kappa shape index (κ2) is 7.21. The van der Waals surface area contributed by atoms with E-state index in [0.717, 1.165) is 11.3 Å². The van der Waals surface area contributed by atoms with Gasteiger partial charge in [0.25, 0.3) is 0 Å². The molecule has 3 aromatic rings. The summed E-state index contributed by atoms with van der Waals surface area (Å²) in [5.41, 5.74) is 1.74. The third-order valence-corrected chi connectivity index (χ3v) is 4.22. The molecule has 2 heterocycles. The zero-order valence-corrected chi connectivity index (χ0v) is 14.5. The summed E-state index contributed by atoms with van der Waals surface area (Å²) in [6, 6.07) is 13.1. The van der Waals surface area contributed by atoms with Crippen LogP contribution in [0.25, 0.3) is 5.65 Å². The molecule has 0 aliphatic carbocycles. The minimum Gasteiger partial charge on any atom is -0.496 e. The predicted molar refractivity (Wildman–Crippen MR) is 95.9 cm³/mol. The SMILES string of the molecule is COc1ccccc1CC(C)N(C)C(=O)Nc1nnc2ccccn12. The second-order valence-electron chi connectivity index (χ2n) is 5.86. The van der Waals surface area contributed by atoms with Crippen LogP contribution in [0, 0.1) is 0 Å². The lowest BCUT2D eigenvalue weighted by atomic mass is 10.1. The maximum Gasteiger partial charge on any atom is 0.324 e. The maximum absolute atomic E-state index is 12.5. The van der Waals surface area contributed by atoms with Gasteiger partial charge in [0.1, 0.15) is 5.75 Å². The average Bonchev–Trinajstić information content (AvgIpc) is 3.04. The Labute approximate surface area is 146 Å². The van der Waals surface area contributed by atoms with Crippen LogP contribution in [0.2, 0.25) is 0 Å². The van der Waals surface area contributed by atoms with Gasteiger partial charge in [-0.05, 0) is 37.1 Å². The largest absolute Gasteiger partial charge is 0.496 e. The fourth-order valence-corrected chi connectivity index (χ4v) is 2.64. The number of urea groups is 1. The van der Waals surface area contributed by atoms with Crippen molar-refractivity contribution in [2.45, 2.75) is 19.4 Å². The van der Waals surface area contributed by atoms with Crippen molar-refractivity contribution in [1.82, 2.24) is 19.5 Å². The fourth-order valence-electron chi connectivity index (χ4n) is 2.64. The van der Waals surface area contributed by atoms with Crippen molar-refractivity contribution in [2.75, 3.05) is 19.5 Å². The summed E-state index contributed by atoms with van der Waals surface area (Å²) in [5.74, 6) is 1.23. The number of aromatic nitrogens is 3. The van der Waals surface area contributed by atoms with Crippen molar-refractivity contribution >= 4 is 17.6 Å². The number of amides is 2. The first kappa shape index (κ1) is 16.8. The van der Waals surface area contributed by atoms with Gasteiger partial charge in [-0.25, -0.2) is 4.79 Å². The lowest BCUT2D eigenvalue weighted by Gasteiger charge is -2.25. The highest BCUT2D eigenvalue weighted by atomic mass is 16.5. The Balaban J connectivity index is 1.69. The molecule has 0 spiro atoms. The molecule has 1 atom stereocenters. The number of fused-ring (bicyclic) bond motifs is 1. The Hall–Kier alpha value is -3.09. The molecule has 1 unspecified atom stereocenters. The number of carbonyl (C=O) groups excluding carboxylic acids is 1. The summed E-state index contributed by atoms with van der Waals surface area (Å²) >= 11 is 0. The Morgan fingerprint density at radius 2 is 2.00 bits per heavy atom. The molecular weight excluding hydrogens is 318 g/mol. The van der Waals surface area contributed by atoms with Gasteiger partial charge in [0.2, 0.25) is 5.95 Å². The summed E-state index contributed by atoms with van der Waals surface area (Å²) in [6.07, 6.45) is 2.50. The van der Waals surface area contributed by atoms with E-state index < -0.39 is 0 Å². The Morgan fingerprint density at radius 1 is 1.24 bits per heavy atom. The lowest BCUT2D eigenvalue weighted by molar-refractivity contribution is 0.207. The molecule has 2 aromatic heterocycles. The van der Waals surface area contributed by atoms with Crippen molar-refractivity contribution in [3.8, 4) is 5.75 Å². The number of hydrogen-bond acceptors (Lipinski definition) is 4. The average molecular weight is 339 g/mol. The van der Waals surface area contributed by atoms with Crippen molar-refractivity contribution in [2.24, 2.45) is 0 Å². The summed E-state index contributed by atoms with van der Waals surface area (Å²) < 4.78 is 7.11. The molecule has 0 bridgehead atoms. The molecule has 7 heteroatoms. The molecule has 3 rings (SSSR count). The predicted octanol–water partition coefficient (Wildman–Crippen LogP) is 2.83. The normalized spacial score (nSPS) is 12.0. The van der Waals surface area contributed by atoms with Crippen LogP contribution in [-0.4, -0.2) is 45.7 Å². The number of pyridine rings is 1. The van der Waals surface area contributed by atoms with Crippen molar-refractivity contribution in [1.29, 1.82) is 0 Å². The van der Waals surface area contributed by atoms with Crippen LogP contribution in [0.1, 0.15) is 12.5 Å². The second-order valence-corrected chi connectivity index (χ2v) is 5.86. The number of benzene rings is 1. The molecule has 1 aromatic carbocycles. The van der Waals surface area contributed by atoms with Crippen LogP contribution >= 0.6 is 0 Å². The van der Waals surface area contributed by atoms with Crippen molar-refractivity contribution < 1.29 is 9.53 Å². The molecule has 130 valence electrons. The molecule has 0 fully saturated rings. The van der Waals surface area contributed by atoms with Gasteiger partial charge in [-0.3, -0.25) is 9.72 Å². The molecule has 7 nitrogen and oxygen atoms in total. The first-order valence-corrected chi connectivity index (χ1v) is 8.05. The van der Waals surface area contributed by atoms with Crippen molar-refractivity contribution in [3.05, 3.63) is 54.2 Å². The number of nitrogens with one attached hydrogen (secondary N) is 1. The zero-order chi connectivity index (χ0) is 17.8. The number of likely N-dealkylation sites (N-methyl/N-ethyl adjacent to an activating group) is 1. The van der Waals surface area contributed by atoms with Gasteiger partial charge < -0.3 is 9.64 Å². The molecule has 0 aliphatic rings. The molecule has 0 radical (unpaired) electrons. The highest BCUT2D eigenvalue weighted by Gasteiger charge is 2.19. The number of hydrogen-bond donors (Lipinski definition) is 1. The number of para-hydroxylation sites is 1. The maximum atomic E-state index is 12.5. The lowest BCUT2D eigenvalue weighted by Crippen LogP contribution is -2.39.